The average Bonchev–Trinajstić information content (AvgIpc) is 2.15. The lowest BCUT2D eigenvalue weighted by Gasteiger charge is -2.21. The molecule has 0 aromatic carbocycles. The third-order valence-electron chi connectivity index (χ3n) is 1.70. The Balaban J connectivity index is 3.99. The highest BCUT2D eigenvalue weighted by Crippen LogP contribution is 2.05. The Hall–Kier alpha value is -0.583. The van der Waals surface area contributed by atoms with Gasteiger partial charge in [0, 0.05) is 12.8 Å². The Morgan fingerprint density at radius 2 is 2.23 bits per heavy atom. The zero-order valence-electron chi connectivity index (χ0n) is 8.89. The molecule has 0 amide bonds. The predicted octanol–water partition coefficient (Wildman–Crippen LogP) is 2.27. The molecule has 0 aliphatic rings. The van der Waals surface area contributed by atoms with Crippen LogP contribution in [0.15, 0.2) is 24.1 Å². The van der Waals surface area contributed by atoms with E-state index in [1.54, 1.807) is 12.8 Å². The van der Waals surface area contributed by atoms with Crippen LogP contribution in [0.4, 0.5) is 0 Å². The van der Waals surface area contributed by atoms with E-state index in [0.717, 1.165) is 12.1 Å². The van der Waals surface area contributed by atoms with Gasteiger partial charge >= 0.3 is 8.56 Å². The monoisotopic (exact) mass is 201 g/mol. The van der Waals surface area contributed by atoms with Crippen LogP contribution in [-0.2, 0) is 8.95 Å². The molecular formula is C9H19NO2Si. The standard InChI is InChI=1S/C9H19NO2Si/c1-6-8-9(3)10-12-13(5,7-2)11-4/h7-8,10H,2,6H2,1,3-5H3. The highest BCUT2D eigenvalue weighted by Gasteiger charge is 2.26. The summed E-state index contributed by atoms with van der Waals surface area (Å²) in [7, 11) is -0.544. The number of rotatable bonds is 6. The second kappa shape index (κ2) is 5.96. The first-order valence-corrected chi connectivity index (χ1v) is 6.77. The zero-order chi connectivity index (χ0) is 10.3. The Morgan fingerprint density at radius 3 is 2.62 bits per heavy atom. The summed E-state index contributed by atoms with van der Waals surface area (Å²) in [5.41, 5.74) is 5.59. The van der Waals surface area contributed by atoms with Gasteiger partial charge in [-0.3, -0.25) is 10.0 Å². The fraction of sp³-hybridized carbons (Fsp3) is 0.556. The van der Waals surface area contributed by atoms with Crippen LogP contribution in [0.1, 0.15) is 20.3 Å². The van der Waals surface area contributed by atoms with Crippen LogP contribution in [0, 0.1) is 0 Å². The van der Waals surface area contributed by atoms with Crippen molar-refractivity contribution in [1.29, 1.82) is 0 Å². The summed E-state index contributed by atoms with van der Waals surface area (Å²) < 4.78 is 10.6. The van der Waals surface area contributed by atoms with E-state index in [1.165, 1.54) is 0 Å². The molecule has 13 heavy (non-hydrogen) atoms. The first-order chi connectivity index (χ1) is 6.08. The summed E-state index contributed by atoms with van der Waals surface area (Å²) in [6.07, 6.45) is 3.04. The molecule has 0 aliphatic carbocycles. The van der Waals surface area contributed by atoms with Crippen molar-refractivity contribution in [1.82, 2.24) is 5.48 Å². The van der Waals surface area contributed by atoms with Gasteiger partial charge in [0.05, 0.1) is 0 Å². The number of hydrogen-bond acceptors (Lipinski definition) is 3. The van der Waals surface area contributed by atoms with Crippen molar-refractivity contribution in [2.24, 2.45) is 0 Å². The van der Waals surface area contributed by atoms with Crippen LogP contribution in [0.2, 0.25) is 6.55 Å². The molecular weight excluding hydrogens is 182 g/mol. The van der Waals surface area contributed by atoms with E-state index in [-0.39, 0.29) is 0 Å². The van der Waals surface area contributed by atoms with E-state index in [1.807, 2.05) is 19.5 Å². The lowest BCUT2D eigenvalue weighted by atomic mass is 10.4. The topological polar surface area (TPSA) is 30.5 Å². The van der Waals surface area contributed by atoms with Crippen molar-refractivity contribution in [2.75, 3.05) is 7.11 Å². The quantitative estimate of drug-likeness (QED) is 0.528. The molecule has 76 valence electrons. The number of hydrogen-bond donors (Lipinski definition) is 1. The highest BCUT2D eigenvalue weighted by atomic mass is 28.4. The molecule has 0 radical (unpaired) electrons. The second-order valence-corrected chi connectivity index (χ2v) is 5.98. The van der Waals surface area contributed by atoms with Crippen LogP contribution in [-0.4, -0.2) is 15.7 Å². The van der Waals surface area contributed by atoms with Gasteiger partial charge in [0.2, 0.25) is 0 Å². The van der Waals surface area contributed by atoms with Crippen molar-refractivity contribution in [3.63, 3.8) is 0 Å². The summed E-state index contributed by atoms with van der Waals surface area (Å²) in [6, 6.07) is 0. The van der Waals surface area contributed by atoms with Crippen LogP contribution in [0.25, 0.3) is 0 Å². The molecule has 0 bridgehead atoms. The Bertz CT molecular complexity index is 194. The molecule has 0 heterocycles. The van der Waals surface area contributed by atoms with Crippen molar-refractivity contribution in [3.05, 3.63) is 24.1 Å². The van der Waals surface area contributed by atoms with E-state index in [0.29, 0.717) is 0 Å². The van der Waals surface area contributed by atoms with Gasteiger partial charge in [-0.2, -0.15) is 0 Å². The summed E-state index contributed by atoms with van der Waals surface area (Å²) >= 11 is 0. The van der Waals surface area contributed by atoms with Crippen LogP contribution >= 0.6 is 0 Å². The van der Waals surface area contributed by atoms with Gasteiger partial charge in [0.25, 0.3) is 0 Å². The minimum absolute atomic E-state index is 0.988. The predicted molar refractivity (Wildman–Crippen MR) is 57.1 cm³/mol. The highest BCUT2D eigenvalue weighted by molar-refractivity contribution is 6.71. The maximum atomic E-state index is 5.42. The largest absolute Gasteiger partial charge is 0.394 e. The lowest BCUT2D eigenvalue weighted by molar-refractivity contribution is 0.155. The molecule has 0 spiro atoms. The fourth-order valence-electron chi connectivity index (χ4n) is 0.696. The van der Waals surface area contributed by atoms with E-state index in [4.69, 9.17) is 8.95 Å². The maximum Gasteiger partial charge on any atom is 0.387 e. The van der Waals surface area contributed by atoms with E-state index in [2.05, 4.69) is 19.0 Å². The third-order valence-corrected chi connectivity index (χ3v) is 3.76. The average molecular weight is 201 g/mol. The van der Waals surface area contributed by atoms with Gasteiger partial charge in [0.1, 0.15) is 0 Å². The summed E-state index contributed by atoms with van der Waals surface area (Å²) in [5, 5.41) is 0. The normalized spacial score (nSPS) is 16.5. The zero-order valence-corrected chi connectivity index (χ0v) is 9.89. The molecule has 1 unspecified atom stereocenters. The van der Waals surface area contributed by atoms with Crippen LogP contribution in [0.3, 0.4) is 0 Å². The van der Waals surface area contributed by atoms with Gasteiger partial charge in [-0.25, -0.2) is 0 Å². The molecule has 4 heteroatoms. The van der Waals surface area contributed by atoms with E-state index < -0.39 is 8.56 Å². The molecule has 0 fully saturated rings. The minimum Gasteiger partial charge on any atom is -0.394 e. The summed E-state index contributed by atoms with van der Waals surface area (Å²) in [6.45, 7) is 9.63. The number of allylic oxidation sites excluding steroid dienone is 2. The van der Waals surface area contributed by atoms with Gasteiger partial charge < -0.3 is 4.43 Å². The van der Waals surface area contributed by atoms with Crippen molar-refractivity contribution >= 4 is 8.56 Å². The van der Waals surface area contributed by atoms with E-state index in [9.17, 15) is 0 Å². The Kier molecular flexibility index (Phi) is 5.69. The molecule has 0 saturated carbocycles. The van der Waals surface area contributed by atoms with Crippen LogP contribution in [0.5, 0.6) is 0 Å². The molecule has 0 aliphatic heterocycles. The van der Waals surface area contributed by atoms with Gasteiger partial charge in [-0.05, 0) is 25.6 Å². The molecule has 0 rings (SSSR count). The van der Waals surface area contributed by atoms with Gasteiger partial charge in [0.15, 0.2) is 0 Å². The van der Waals surface area contributed by atoms with Crippen molar-refractivity contribution < 1.29 is 8.95 Å². The third kappa shape index (κ3) is 4.87. The fourth-order valence-corrected chi connectivity index (χ4v) is 1.39. The number of hydroxylamine groups is 1. The van der Waals surface area contributed by atoms with Gasteiger partial charge in [-0.1, -0.05) is 13.0 Å². The molecule has 1 atom stereocenters. The molecule has 0 aromatic rings. The Labute approximate surface area is 81.6 Å². The molecule has 0 aromatic heterocycles. The summed E-state index contributed by atoms with van der Waals surface area (Å²) in [5.74, 6) is 0. The van der Waals surface area contributed by atoms with Crippen molar-refractivity contribution in [2.45, 2.75) is 26.8 Å². The number of nitrogens with one attached hydrogen (secondary N) is 1. The minimum atomic E-state index is -2.18. The molecule has 0 saturated heterocycles. The Morgan fingerprint density at radius 1 is 1.62 bits per heavy atom. The second-order valence-electron chi connectivity index (χ2n) is 2.92. The smallest absolute Gasteiger partial charge is 0.387 e. The first kappa shape index (κ1) is 12.4. The van der Waals surface area contributed by atoms with E-state index >= 15 is 0 Å². The van der Waals surface area contributed by atoms with Gasteiger partial charge in [-0.15, -0.1) is 6.58 Å². The summed E-state index contributed by atoms with van der Waals surface area (Å²) in [4.78, 5) is 0. The molecule has 3 nitrogen and oxygen atoms in total. The maximum absolute atomic E-state index is 5.42. The molecule has 1 N–H and O–H groups in total. The first-order valence-electron chi connectivity index (χ1n) is 4.37. The van der Waals surface area contributed by atoms with Crippen molar-refractivity contribution in [3.8, 4) is 0 Å². The lowest BCUT2D eigenvalue weighted by Crippen LogP contribution is -2.40. The SMILES string of the molecule is C=C[Si](C)(OC)ONC(C)=CCC. The van der Waals surface area contributed by atoms with Crippen LogP contribution < -0.4 is 5.48 Å².